The Labute approximate surface area is 196 Å². The molecule has 34 heavy (non-hydrogen) atoms. The van der Waals surface area contributed by atoms with E-state index in [1.807, 2.05) is 4.72 Å². The van der Waals surface area contributed by atoms with Crippen molar-refractivity contribution in [1.29, 1.82) is 0 Å². The number of rotatable bonds is 9. The Bertz CT molecular complexity index is 1160. The van der Waals surface area contributed by atoms with Crippen LogP contribution in [0.1, 0.15) is 31.4 Å². The van der Waals surface area contributed by atoms with E-state index in [0.29, 0.717) is 5.56 Å². The molecule has 1 N–H and O–H groups in total. The standard InChI is InChI=1S/C24H25F3N2O4S/c1-4-9-21(22(30)28-34(32,33)15-14-18-10-6-5-7-11-18)23(31)29(17(2)3)20-13-8-12-19(16-20)24(25,26)27/h4-8,10-17,21H,1,9H2,2-3H3,(H,28,30). The fourth-order valence-electron chi connectivity index (χ4n) is 3.14. The van der Waals surface area contributed by atoms with Crippen LogP contribution >= 0.6 is 0 Å². The van der Waals surface area contributed by atoms with Gasteiger partial charge in [-0.05, 0) is 50.1 Å². The summed E-state index contributed by atoms with van der Waals surface area (Å²) in [5.74, 6) is -3.48. The zero-order valence-corrected chi connectivity index (χ0v) is 19.4. The number of nitrogens with one attached hydrogen (secondary N) is 1. The van der Waals surface area contributed by atoms with Gasteiger partial charge in [-0.15, -0.1) is 6.58 Å². The minimum absolute atomic E-state index is 0.0662. The Morgan fingerprint density at radius 2 is 1.74 bits per heavy atom. The van der Waals surface area contributed by atoms with Gasteiger partial charge in [0, 0.05) is 11.7 Å². The van der Waals surface area contributed by atoms with E-state index in [-0.39, 0.29) is 12.1 Å². The quantitative estimate of drug-likeness (QED) is 0.403. The third kappa shape index (κ3) is 7.31. The first-order valence-electron chi connectivity index (χ1n) is 10.3. The lowest BCUT2D eigenvalue weighted by molar-refractivity contribution is -0.138. The molecule has 0 radical (unpaired) electrons. The first kappa shape index (κ1) is 26.8. The van der Waals surface area contributed by atoms with Crippen molar-refractivity contribution in [2.75, 3.05) is 4.90 Å². The zero-order chi connectivity index (χ0) is 25.5. The zero-order valence-electron chi connectivity index (χ0n) is 18.6. The molecule has 6 nitrogen and oxygen atoms in total. The second kappa shape index (κ2) is 11.1. The molecular weight excluding hydrogens is 469 g/mol. The van der Waals surface area contributed by atoms with Crippen LogP contribution in [-0.4, -0.2) is 26.3 Å². The van der Waals surface area contributed by atoms with Gasteiger partial charge in [-0.1, -0.05) is 42.5 Å². The monoisotopic (exact) mass is 494 g/mol. The predicted octanol–water partition coefficient (Wildman–Crippen LogP) is 4.76. The molecule has 2 aromatic carbocycles. The van der Waals surface area contributed by atoms with E-state index in [9.17, 15) is 31.2 Å². The number of halogens is 3. The molecule has 0 aliphatic carbocycles. The van der Waals surface area contributed by atoms with Crippen molar-refractivity contribution in [2.45, 2.75) is 32.5 Å². The molecule has 2 amide bonds. The van der Waals surface area contributed by atoms with Crippen LogP contribution in [0.2, 0.25) is 0 Å². The van der Waals surface area contributed by atoms with Gasteiger partial charge >= 0.3 is 6.18 Å². The maximum atomic E-state index is 13.3. The highest BCUT2D eigenvalue weighted by Gasteiger charge is 2.35. The fourth-order valence-corrected chi connectivity index (χ4v) is 3.97. The summed E-state index contributed by atoms with van der Waals surface area (Å²) < 4.78 is 66.1. The van der Waals surface area contributed by atoms with Crippen LogP contribution in [0.15, 0.2) is 72.7 Å². The number of sulfonamides is 1. The molecule has 0 aliphatic heterocycles. The summed E-state index contributed by atoms with van der Waals surface area (Å²) >= 11 is 0. The van der Waals surface area contributed by atoms with Crippen molar-refractivity contribution in [3.63, 3.8) is 0 Å². The highest BCUT2D eigenvalue weighted by atomic mass is 32.2. The lowest BCUT2D eigenvalue weighted by atomic mass is 10.0. The number of amides is 2. The van der Waals surface area contributed by atoms with Crippen LogP contribution in [0.25, 0.3) is 6.08 Å². The summed E-state index contributed by atoms with van der Waals surface area (Å²) in [6.45, 7) is 6.64. The van der Waals surface area contributed by atoms with Crippen molar-refractivity contribution in [3.8, 4) is 0 Å². The van der Waals surface area contributed by atoms with Gasteiger partial charge in [0.2, 0.25) is 11.8 Å². The van der Waals surface area contributed by atoms with Gasteiger partial charge in [-0.25, -0.2) is 13.1 Å². The number of anilines is 1. The topological polar surface area (TPSA) is 83.5 Å². The average molecular weight is 495 g/mol. The smallest absolute Gasteiger partial charge is 0.309 e. The summed E-state index contributed by atoms with van der Waals surface area (Å²) in [4.78, 5) is 27.1. The molecular formula is C24H25F3N2O4S. The van der Waals surface area contributed by atoms with E-state index in [4.69, 9.17) is 0 Å². The number of carbonyl (C=O) groups is 2. The Hall–Kier alpha value is -3.40. The molecule has 0 aliphatic rings. The number of hydrogen-bond acceptors (Lipinski definition) is 4. The molecule has 1 atom stereocenters. The number of nitrogens with zero attached hydrogens (tertiary/aromatic N) is 1. The third-order valence-electron chi connectivity index (χ3n) is 4.70. The minimum atomic E-state index is -4.63. The van der Waals surface area contributed by atoms with Crippen molar-refractivity contribution >= 4 is 33.6 Å². The van der Waals surface area contributed by atoms with E-state index in [1.54, 1.807) is 44.2 Å². The van der Waals surface area contributed by atoms with E-state index >= 15 is 0 Å². The summed E-state index contributed by atoms with van der Waals surface area (Å²) in [6, 6.07) is 12.0. The van der Waals surface area contributed by atoms with Crippen LogP contribution < -0.4 is 9.62 Å². The molecule has 0 spiro atoms. The average Bonchev–Trinajstić information content (AvgIpc) is 2.76. The molecule has 0 saturated heterocycles. The molecule has 0 aromatic heterocycles. The summed E-state index contributed by atoms with van der Waals surface area (Å²) in [6.07, 6.45) is -2.30. The molecule has 0 saturated carbocycles. The molecule has 2 rings (SSSR count). The Morgan fingerprint density at radius 3 is 2.29 bits per heavy atom. The van der Waals surface area contributed by atoms with Crippen molar-refractivity contribution in [3.05, 3.63) is 83.8 Å². The Balaban J connectivity index is 2.32. The van der Waals surface area contributed by atoms with Crippen LogP contribution in [0.3, 0.4) is 0 Å². The largest absolute Gasteiger partial charge is 0.416 e. The van der Waals surface area contributed by atoms with Crippen LogP contribution in [-0.2, 0) is 25.8 Å². The molecule has 0 heterocycles. The number of carbonyl (C=O) groups excluding carboxylic acids is 2. The van der Waals surface area contributed by atoms with Crippen molar-refractivity contribution in [2.24, 2.45) is 5.92 Å². The van der Waals surface area contributed by atoms with Crippen LogP contribution in [0.5, 0.6) is 0 Å². The maximum absolute atomic E-state index is 13.3. The van der Waals surface area contributed by atoms with Gasteiger partial charge in [-0.3, -0.25) is 9.59 Å². The number of allylic oxidation sites excluding steroid dienone is 1. The Kier molecular flexibility index (Phi) is 8.80. The van der Waals surface area contributed by atoms with E-state index in [0.717, 1.165) is 28.5 Å². The lowest BCUT2D eigenvalue weighted by Crippen LogP contribution is -2.47. The van der Waals surface area contributed by atoms with Gasteiger partial charge in [0.15, 0.2) is 0 Å². The van der Waals surface area contributed by atoms with Gasteiger partial charge in [0.25, 0.3) is 10.0 Å². The highest BCUT2D eigenvalue weighted by Crippen LogP contribution is 2.32. The summed E-state index contributed by atoms with van der Waals surface area (Å²) in [5.41, 5.74) is -0.445. The second-order valence-corrected chi connectivity index (χ2v) is 9.22. The Morgan fingerprint density at radius 1 is 1.09 bits per heavy atom. The van der Waals surface area contributed by atoms with Gasteiger partial charge < -0.3 is 4.90 Å². The SMILES string of the molecule is C=CCC(C(=O)NS(=O)(=O)C=Cc1ccccc1)C(=O)N(c1cccc(C(F)(F)F)c1)C(C)C. The second-order valence-electron chi connectivity index (χ2n) is 7.65. The van der Waals surface area contributed by atoms with E-state index in [1.165, 1.54) is 18.2 Å². The molecule has 1 unspecified atom stereocenters. The maximum Gasteiger partial charge on any atom is 0.416 e. The summed E-state index contributed by atoms with van der Waals surface area (Å²) in [7, 11) is -4.25. The first-order valence-corrected chi connectivity index (χ1v) is 11.8. The van der Waals surface area contributed by atoms with Gasteiger partial charge in [0.1, 0.15) is 5.92 Å². The molecule has 182 valence electrons. The molecule has 0 fully saturated rings. The van der Waals surface area contributed by atoms with E-state index < -0.39 is 45.5 Å². The van der Waals surface area contributed by atoms with E-state index in [2.05, 4.69) is 6.58 Å². The van der Waals surface area contributed by atoms with Crippen LogP contribution in [0.4, 0.5) is 18.9 Å². The number of hydrogen-bond donors (Lipinski definition) is 1. The minimum Gasteiger partial charge on any atom is -0.309 e. The van der Waals surface area contributed by atoms with Gasteiger partial charge in [-0.2, -0.15) is 13.2 Å². The number of benzene rings is 2. The number of alkyl halides is 3. The molecule has 2 aromatic rings. The first-order chi connectivity index (χ1) is 15.9. The fraction of sp³-hybridized carbons (Fsp3) is 0.250. The lowest BCUT2D eigenvalue weighted by Gasteiger charge is -2.30. The molecule has 0 bridgehead atoms. The van der Waals surface area contributed by atoms with Crippen molar-refractivity contribution < 1.29 is 31.2 Å². The molecule has 10 heteroatoms. The van der Waals surface area contributed by atoms with Crippen LogP contribution in [0, 0.1) is 5.92 Å². The van der Waals surface area contributed by atoms with Gasteiger partial charge in [0.05, 0.1) is 11.0 Å². The highest BCUT2D eigenvalue weighted by molar-refractivity contribution is 7.93. The third-order valence-corrected chi connectivity index (χ3v) is 5.68. The van der Waals surface area contributed by atoms with Crippen molar-refractivity contribution in [1.82, 2.24) is 4.72 Å². The normalized spacial score (nSPS) is 13.0. The summed E-state index contributed by atoms with van der Waals surface area (Å²) in [5, 5.41) is 0.794. The predicted molar refractivity (Wildman–Crippen MR) is 125 cm³/mol.